The van der Waals surface area contributed by atoms with E-state index in [1.165, 1.54) is 19.1 Å². The lowest BCUT2D eigenvalue weighted by Crippen LogP contribution is -2.64. The average Bonchev–Trinajstić information content (AvgIpc) is 3.18. The van der Waals surface area contributed by atoms with Gasteiger partial charge in [-0.1, -0.05) is 45.4 Å². The van der Waals surface area contributed by atoms with Crippen LogP contribution in [0.25, 0.3) is 0 Å². The molecule has 2 bridgehead atoms. The van der Waals surface area contributed by atoms with Gasteiger partial charge in [-0.3, -0.25) is 14.4 Å². The number of ketones is 2. The highest BCUT2D eigenvalue weighted by molar-refractivity contribution is 6.39. The van der Waals surface area contributed by atoms with Crippen molar-refractivity contribution < 1.29 is 58.2 Å². The third-order valence-electron chi connectivity index (χ3n) is 12.9. The van der Waals surface area contributed by atoms with E-state index in [4.69, 9.17) is 23.7 Å². The van der Waals surface area contributed by atoms with Crippen LogP contribution in [-0.2, 0) is 42.9 Å². The number of methoxy groups -OCH3 is 3. The highest BCUT2D eigenvalue weighted by atomic mass is 16.7. The third-order valence-corrected chi connectivity index (χ3v) is 12.9. The molecule has 1 aliphatic carbocycles. The standard InChI is InChI=1S/C43H69NO12/c1-10-30-18-24(2)17-25(3)19-36(53-8)39-37(54-9)21-27(5)43(51,56-39)40(48)41(49)44-16-12-11-13-31(44)42(50)55-38(28(6)33(46)23-34(30)47)26(4)20-29-14-15-32(45)35(22-29)52-7/h18,20,25,27-33,35-39,45-46,51H,10-17,19,21-23H2,1-9H3/b24-18-,26-20+/t25-,27+,28-,29-,30+,31-,32+,33-,35+,36-,37-,38+,39+,43+/m0/s1. The van der Waals surface area contributed by atoms with Crippen molar-refractivity contribution in [1.82, 2.24) is 4.90 Å². The van der Waals surface area contributed by atoms with E-state index >= 15 is 0 Å². The molecule has 3 heterocycles. The number of allylic oxidation sites excluding steroid dienone is 3. The van der Waals surface area contributed by atoms with Crippen LogP contribution in [0.3, 0.4) is 0 Å². The number of Topliss-reactive ketones (excluding diaryl/α,β-unsaturated/α-hetero) is 2. The summed E-state index contributed by atoms with van der Waals surface area (Å²) in [6, 6.07) is -1.13. The third kappa shape index (κ3) is 10.7. The summed E-state index contributed by atoms with van der Waals surface area (Å²) in [5.74, 6) is -7.50. The number of hydrogen-bond donors (Lipinski definition) is 3. The van der Waals surface area contributed by atoms with Gasteiger partial charge in [-0.2, -0.15) is 0 Å². The van der Waals surface area contributed by atoms with Crippen LogP contribution in [0.1, 0.15) is 112 Å². The summed E-state index contributed by atoms with van der Waals surface area (Å²) in [6.07, 6.45) is 3.72. The molecule has 13 heteroatoms. The first-order valence-electron chi connectivity index (χ1n) is 20.8. The summed E-state index contributed by atoms with van der Waals surface area (Å²) in [6.45, 7) is 11.3. The number of aliphatic hydroxyl groups excluding tert-OH is 2. The van der Waals surface area contributed by atoms with E-state index in [1.807, 2.05) is 32.9 Å². The van der Waals surface area contributed by atoms with Crippen LogP contribution in [0, 0.1) is 29.6 Å². The van der Waals surface area contributed by atoms with E-state index in [0.717, 1.165) is 5.57 Å². The van der Waals surface area contributed by atoms with E-state index < -0.39 is 83.9 Å². The van der Waals surface area contributed by atoms with Crippen LogP contribution in [0.4, 0.5) is 0 Å². The number of fused-ring (bicyclic) bond motifs is 3. The van der Waals surface area contributed by atoms with Crippen molar-refractivity contribution in [3.05, 3.63) is 23.3 Å². The van der Waals surface area contributed by atoms with Crippen LogP contribution >= 0.6 is 0 Å². The monoisotopic (exact) mass is 791 g/mol. The first-order valence-corrected chi connectivity index (χ1v) is 20.8. The molecule has 4 aliphatic rings. The lowest BCUT2D eigenvalue weighted by atomic mass is 9.81. The maximum Gasteiger partial charge on any atom is 0.329 e. The number of carbonyl (C=O) groups excluding carboxylic acids is 4. The predicted molar refractivity (Wildman–Crippen MR) is 208 cm³/mol. The van der Waals surface area contributed by atoms with E-state index in [0.29, 0.717) is 56.9 Å². The molecule has 13 nitrogen and oxygen atoms in total. The van der Waals surface area contributed by atoms with Crippen molar-refractivity contribution in [2.24, 2.45) is 29.6 Å². The fourth-order valence-electron chi connectivity index (χ4n) is 9.39. The summed E-state index contributed by atoms with van der Waals surface area (Å²) in [5.41, 5.74) is 1.66. The first kappa shape index (κ1) is 46.2. The maximum atomic E-state index is 14.3. The number of nitrogens with zero attached hydrogens (tertiary/aromatic N) is 1. The molecule has 0 aromatic carbocycles. The van der Waals surface area contributed by atoms with Crippen LogP contribution < -0.4 is 0 Å². The summed E-state index contributed by atoms with van der Waals surface area (Å²) in [4.78, 5) is 57.6. The number of esters is 1. The molecule has 56 heavy (non-hydrogen) atoms. The normalized spacial score (nSPS) is 41.6. The molecule has 14 atom stereocenters. The van der Waals surface area contributed by atoms with Crippen molar-refractivity contribution in [1.29, 1.82) is 0 Å². The summed E-state index contributed by atoms with van der Waals surface area (Å²) in [7, 11) is 4.63. The fraction of sp³-hybridized carbons (Fsp3) is 0.814. The van der Waals surface area contributed by atoms with Crippen LogP contribution in [0.15, 0.2) is 23.3 Å². The molecule has 0 spiro atoms. The zero-order chi connectivity index (χ0) is 41.5. The molecule has 3 N–H and O–H groups in total. The lowest BCUT2D eigenvalue weighted by Gasteiger charge is -2.47. The van der Waals surface area contributed by atoms with Gasteiger partial charge in [0.25, 0.3) is 11.7 Å². The molecule has 3 fully saturated rings. The molecule has 0 unspecified atom stereocenters. The number of ether oxygens (including phenoxy) is 5. The molecule has 2 saturated heterocycles. The Morgan fingerprint density at radius 3 is 2.21 bits per heavy atom. The van der Waals surface area contributed by atoms with Gasteiger partial charge in [-0.25, -0.2) is 4.79 Å². The predicted octanol–water partition coefficient (Wildman–Crippen LogP) is 4.47. The van der Waals surface area contributed by atoms with Crippen molar-refractivity contribution in [2.45, 2.75) is 167 Å². The van der Waals surface area contributed by atoms with Gasteiger partial charge in [0, 0.05) is 52.0 Å². The van der Waals surface area contributed by atoms with Gasteiger partial charge >= 0.3 is 5.97 Å². The van der Waals surface area contributed by atoms with Gasteiger partial charge in [-0.05, 0) is 95.5 Å². The van der Waals surface area contributed by atoms with E-state index in [2.05, 4.69) is 6.92 Å². The number of aliphatic hydroxyl groups is 3. The molecule has 0 aromatic heterocycles. The summed E-state index contributed by atoms with van der Waals surface area (Å²) in [5, 5.41) is 34.1. The SMILES string of the molecule is CC[C@@H]1/C=C(/C)C[C@H](C)C[C@H](OC)[C@H]2O[C@@](O)(C(=O)C(=O)N3CCCC[C@H]3C(=O)O[C@H](/C(C)=C/[C@@H]3CC[C@@H](O)[C@H](OC)C3)[C@@H](C)[C@@H](O)CC1=O)[C@H](C)C[C@@H]2OC. The second kappa shape index (κ2) is 20.4. The number of carbonyl (C=O) groups is 4. The zero-order valence-electron chi connectivity index (χ0n) is 35.1. The lowest BCUT2D eigenvalue weighted by molar-refractivity contribution is -0.302. The Kier molecular flexibility index (Phi) is 16.9. The Morgan fingerprint density at radius 2 is 1.57 bits per heavy atom. The van der Waals surface area contributed by atoms with Gasteiger partial charge in [0.05, 0.1) is 30.5 Å². The molecule has 4 rings (SSSR count). The van der Waals surface area contributed by atoms with E-state index in [1.54, 1.807) is 21.0 Å². The Hall–Kier alpha value is -2.52. The Morgan fingerprint density at radius 1 is 0.911 bits per heavy atom. The molecule has 3 aliphatic heterocycles. The Bertz CT molecular complexity index is 1430. The highest BCUT2D eigenvalue weighted by Crippen LogP contribution is 2.39. The first-order chi connectivity index (χ1) is 26.5. The average molecular weight is 792 g/mol. The highest BCUT2D eigenvalue weighted by Gasteiger charge is 2.56. The Labute approximate surface area is 333 Å². The number of rotatable bonds is 6. The Balaban J connectivity index is 1.76. The van der Waals surface area contributed by atoms with Crippen molar-refractivity contribution in [3.63, 3.8) is 0 Å². The molecule has 0 radical (unpaired) electrons. The summed E-state index contributed by atoms with van der Waals surface area (Å²) < 4.78 is 29.7. The fourth-order valence-corrected chi connectivity index (χ4v) is 9.39. The largest absolute Gasteiger partial charge is 0.456 e. The van der Waals surface area contributed by atoms with Gasteiger partial charge in [0.2, 0.25) is 5.79 Å². The minimum Gasteiger partial charge on any atom is -0.456 e. The molecule has 318 valence electrons. The van der Waals surface area contributed by atoms with Crippen LogP contribution in [0.5, 0.6) is 0 Å². The van der Waals surface area contributed by atoms with E-state index in [9.17, 15) is 34.5 Å². The summed E-state index contributed by atoms with van der Waals surface area (Å²) >= 11 is 0. The molecule has 1 saturated carbocycles. The number of hydrogen-bond acceptors (Lipinski definition) is 12. The van der Waals surface area contributed by atoms with Gasteiger partial charge in [-0.15, -0.1) is 0 Å². The molecule has 0 aromatic rings. The van der Waals surface area contributed by atoms with Gasteiger partial charge < -0.3 is 43.9 Å². The topological polar surface area (TPSA) is 178 Å². The number of amides is 1. The maximum absolute atomic E-state index is 14.3. The van der Waals surface area contributed by atoms with Crippen LogP contribution in [-0.4, -0.2) is 126 Å². The van der Waals surface area contributed by atoms with Crippen LogP contribution in [0.2, 0.25) is 0 Å². The van der Waals surface area contributed by atoms with Crippen molar-refractivity contribution in [2.75, 3.05) is 27.9 Å². The second-order valence-corrected chi connectivity index (χ2v) is 17.2. The smallest absolute Gasteiger partial charge is 0.329 e. The van der Waals surface area contributed by atoms with E-state index in [-0.39, 0.29) is 49.5 Å². The van der Waals surface area contributed by atoms with Gasteiger partial charge in [0.15, 0.2) is 0 Å². The van der Waals surface area contributed by atoms with Crippen molar-refractivity contribution >= 4 is 23.4 Å². The van der Waals surface area contributed by atoms with Crippen molar-refractivity contribution in [3.8, 4) is 0 Å². The molecular weight excluding hydrogens is 722 g/mol. The zero-order valence-corrected chi connectivity index (χ0v) is 35.1. The molecule has 1 amide bonds. The second-order valence-electron chi connectivity index (χ2n) is 17.2. The molecular formula is C43H69NO12. The minimum absolute atomic E-state index is 0.000914. The number of piperidine rings is 1. The quantitative estimate of drug-likeness (QED) is 0.196. The number of cyclic esters (lactones) is 1. The van der Waals surface area contributed by atoms with Gasteiger partial charge in [0.1, 0.15) is 24.0 Å². The minimum atomic E-state index is -2.50.